The minimum Gasteiger partial charge on any atom is -0.357 e. The van der Waals surface area contributed by atoms with Crippen molar-refractivity contribution in [2.75, 3.05) is 20.1 Å². The highest BCUT2D eigenvalue weighted by molar-refractivity contribution is 7.09. The summed E-state index contributed by atoms with van der Waals surface area (Å²) in [6.07, 6.45) is 2.13. The van der Waals surface area contributed by atoms with Gasteiger partial charge >= 0.3 is 0 Å². The second kappa shape index (κ2) is 9.30. The van der Waals surface area contributed by atoms with Crippen molar-refractivity contribution >= 4 is 17.3 Å². The molecule has 1 aromatic heterocycles. The van der Waals surface area contributed by atoms with E-state index in [4.69, 9.17) is 4.99 Å². The Bertz CT molecular complexity index is 606. The second-order valence-corrected chi connectivity index (χ2v) is 6.60. The maximum Gasteiger partial charge on any atom is 0.194 e. The van der Waals surface area contributed by atoms with E-state index in [-0.39, 0.29) is 0 Å². The molecular formula is C18H26N4S. The van der Waals surface area contributed by atoms with Crippen LogP contribution < -0.4 is 5.32 Å². The van der Waals surface area contributed by atoms with Crippen molar-refractivity contribution in [3.05, 3.63) is 52.0 Å². The summed E-state index contributed by atoms with van der Waals surface area (Å²) in [4.78, 5) is 11.4. The number of guanidine groups is 1. The summed E-state index contributed by atoms with van der Waals surface area (Å²) < 4.78 is 0. The van der Waals surface area contributed by atoms with Gasteiger partial charge in [-0.3, -0.25) is 4.99 Å². The predicted molar refractivity (Wildman–Crippen MR) is 99.1 cm³/mol. The molecule has 124 valence electrons. The molecule has 0 unspecified atom stereocenters. The van der Waals surface area contributed by atoms with E-state index >= 15 is 0 Å². The van der Waals surface area contributed by atoms with Crippen LogP contribution in [0.3, 0.4) is 0 Å². The molecule has 4 nitrogen and oxygen atoms in total. The number of rotatable bonds is 7. The molecule has 1 N–H and O–H groups in total. The van der Waals surface area contributed by atoms with Crippen molar-refractivity contribution in [3.63, 3.8) is 0 Å². The standard InChI is InChI=1S/C18H26N4S/c1-4-19-18(22(3)13-17-14-23-15(2)21-17)20-12-8-11-16-9-6-5-7-10-16/h5-7,9-10,14H,4,8,11-13H2,1-3H3,(H,19,20). The Balaban J connectivity index is 1.85. The molecular weight excluding hydrogens is 304 g/mol. The third kappa shape index (κ3) is 6.02. The summed E-state index contributed by atoms with van der Waals surface area (Å²) in [5.74, 6) is 0.950. The van der Waals surface area contributed by atoms with Gasteiger partial charge in [0.15, 0.2) is 5.96 Å². The van der Waals surface area contributed by atoms with E-state index in [9.17, 15) is 0 Å². The number of thiazole rings is 1. The molecule has 0 amide bonds. The van der Waals surface area contributed by atoms with Gasteiger partial charge in [0.2, 0.25) is 0 Å². The minimum absolute atomic E-state index is 0.787. The van der Waals surface area contributed by atoms with Crippen LogP contribution in [0.4, 0.5) is 0 Å². The monoisotopic (exact) mass is 330 g/mol. The average molecular weight is 331 g/mol. The highest BCUT2D eigenvalue weighted by Gasteiger charge is 2.08. The van der Waals surface area contributed by atoms with Crippen LogP contribution in [0.2, 0.25) is 0 Å². The van der Waals surface area contributed by atoms with Crippen molar-refractivity contribution in [2.24, 2.45) is 4.99 Å². The number of benzene rings is 1. The Morgan fingerprint density at radius 3 is 2.74 bits per heavy atom. The van der Waals surface area contributed by atoms with E-state index in [0.29, 0.717) is 0 Å². The third-order valence-electron chi connectivity index (χ3n) is 3.49. The normalized spacial score (nSPS) is 11.5. The topological polar surface area (TPSA) is 40.5 Å². The molecule has 2 aromatic rings. The molecule has 0 spiro atoms. The van der Waals surface area contributed by atoms with Crippen LogP contribution in [0.25, 0.3) is 0 Å². The zero-order valence-electron chi connectivity index (χ0n) is 14.2. The van der Waals surface area contributed by atoms with E-state index in [1.165, 1.54) is 5.56 Å². The summed E-state index contributed by atoms with van der Waals surface area (Å²) >= 11 is 1.69. The Morgan fingerprint density at radius 2 is 2.09 bits per heavy atom. The van der Waals surface area contributed by atoms with Crippen molar-refractivity contribution in [2.45, 2.75) is 33.2 Å². The number of hydrogen-bond donors (Lipinski definition) is 1. The first-order valence-electron chi connectivity index (χ1n) is 8.13. The lowest BCUT2D eigenvalue weighted by Crippen LogP contribution is -2.38. The number of nitrogens with one attached hydrogen (secondary N) is 1. The predicted octanol–water partition coefficient (Wildman–Crippen LogP) is 3.48. The summed E-state index contributed by atoms with van der Waals surface area (Å²) in [7, 11) is 2.06. The van der Waals surface area contributed by atoms with E-state index in [2.05, 4.69) is 64.9 Å². The second-order valence-electron chi connectivity index (χ2n) is 5.54. The summed E-state index contributed by atoms with van der Waals surface area (Å²) in [6, 6.07) is 10.6. The van der Waals surface area contributed by atoms with Crippen LogP contribution in [-0.2, 0) is 13.0 Å². The smallest absolute Gasteiger partial charge is 0.194 e. The SMILES string of the molecule is CCNC(=NCCCc1ccccc1)N(C)Cc1csc(C)n1. The average Bonchev–Trinajstić information content (AvgIpc) is 2.96. The van der Waals surface area contributed by atoms with Gasteiger partial charge in [0, 0.05) is 25.5 Å². The Labute approximate surface area is 143 Å². The van der Waals surface area contributed by atoms with Crippen molar-refractivity contribution < 1.29 is 0 Å². The van der Waals surface area contributed by atoms with Crippen LogP contribution >= 0.6 is 11.3 Å². The summed E-state index contributed by atoms with van der Waals surface area (Å²) in [5.41, 5.74) is 2.48. The molecule has 1 heterocycles. The van der Waals surface area contributed by atoms with Gasteiger partial charge < -0.3 is 10.2 Å². The Hall–Kier alpha value is -1.88. The van der Waals surface area contributed by atoms with Crippen LogP contribution in [-0.4, -0.2) is 36.0 Å². The van der Waals surface area contributed by atoms with Crippen molar-refractivity contribution in [3.8, 4) is 0 Å². The molecule has 5 heteroatoms. The molecule has 0 aliphatic heterocycles. The lowest BCUT2D eigenvalue weighted by molar-refractivity contribution is 0.470. The number of aromatic nitrogens is 1. The molecule has 0 atom stereocenters. The first-order chi connectivity index (χ1) is 11.2. The van der Waals surface area contributed by atoms with Crippen molar-refractivity contribution in [1.29, 1.82) is 0 Å². The number of nitrogens with zero attached hydrogens (tertiary/aromatic N) is 3. The van der Waals surface area contributed by atoms with Crippen LogP contribution in [0.15, 0.2) is 40.7 Å². The van der Waals surface area contributed by atoms with Crippen molar-refractivity contribution in [1.82, 2.24) is 15.2 Å². The Morgan fingerprint density at radius 1 is 1.30 bits per heavy atom. The Kier molecular flexibility index (Phi) is 7.07. The lowest BCUT2D eigenvalue weighted by Gasteiger charge is -2.21. The minimum atomic E-state index is 0.787. The van der Waals surface area contributed by atoms with Gasteiger partial charge in [0.1, 0.15) is 0 Å². The molecule has 0 aliphatic carbocycles. The first kappa shape index (κ1) is 17.5. The molecule has 0 bridgehead atoms. The zero-order chi connectivity index (χ0) is 16.5. The van der Waals surface area contributed by atoms with Crippen LogP contribution in [0, 0.1) is 6.92 Å². The maximum absolute atomic E-state index is 4.74. The van der Waals surface area contributed by atoms with Gasteiger partial charge in [-0.25, -0.2) is 4.98 Å². The van der Waals surface area contributed by atoms with Gasteiger partial charge in [-0.15, -0.1) is 11.3 Å². The highest BCUT2D eigenvalue weighted by atomic mass is 32.1. The number of aryl methyl sites for hydroxylation is 2. The van der Waals surface area contributed by atoms with Gasteiger partial charge in [-0.2, -0.15) is 0 Å². The van der Waals surface area contributed by atoms with E-state index in [1.54, 1.807) is 11.3 Å². The highest BCUT2D eigenvalue weighted by Crippen LogP contribution is 2.10. The van der Waals surface area contributed by atoms with Gasteiger partial charge in [-0.1, -0.05) is 30.3 Å². The van der Waals surface area contributed by atoms with E-state index < -0.39 is 0 Å². The third-order valence-corrected chi connectivity index (χ3v) is 4.31. The fraction of sp³-hybridized carbons (Fsp3) is 0.444. The van der Waals surface area contributed by atoms with E-state index in [0.717, 1.165) is 49.1 Å². The fourth-order valence-electron chi connectivity index (χ4n) is 2.38. The summed E-state index contributed by atoms with van der Waals surface area (Å²) in [6.45, 7) is 6.63. The lowest BCUT2D eigenvalue weighted by atomic mass is 10.1. The summed E-state index contributed by atoms with van der Waals surface area (Å²) in [5, 5.41) is 6.58. The van der Waals surface area contributed by atoms with E-state index in [1.807, 2.05) is 6.92 Å². The fourth-order valence-corrected chi connectivity index (χ4v) is 2.99. The molecule has 1 aromatic carbocycles. The molecule has 0 saturated carbocycles. The number of hydrogen-bond acceptors (Lipinski definition) is 3. The van der Waals surface area contributed by atoms with Crippen LogP contribution in [0.1, 0.15) is 29.6 Å². The zero-order valence-corrected chi connectivity index (χ0v) is 15.1. The maximum atomic E-state index is 4.74. The molecule has 0 aliphatic rings. The quantitative estimate of drug-likeness (QED) is 0.480. The van der Waals surface area contributed by atoms with Gasteiger partial charge in [-0.05, 0) is 32.3 Å². The molecule has 23 heavy (non-hydrogen) atoms. The molecule has 0 saturated heterocycles. The van der Waals surface area contributed by atoms with Gasteiger partial charge in [0.25, 0.3) is 0 Å². The number of aliphatic imine (C=N–C) groups is 1. The first-order valence-corrected chi connectivity index (χ1v) is 9.01. The molecule has 0 fully saturated rings. The van der Waals surface area contributed by atoms with Crippen LogP contribution in [0.5, 0.6) is 0 Å². The largest absolute Gasteiger partial charge is 0.357 e. The molecule has 2 rings (SSSR count). The van der Waals surface area contributed by atoms with Gasteiger partial charge in [0.05, 0.1) is 17.2 Å². The molecule has 0 radical (unpaired) electrons.